The van der Waals surface area contributed by atoms with Gasteiger partial charge in [-0.2, -0.15) is 0 Å². The topological polar surface area (TPSA) is 96.1 Å². The lowest BCUT2D eigenvalue weighted by Gasteiger charge is -2.16. The van der Waals surface area contributed by atoms with E-state index in [0.29, 0.717) is 23.9 Å². The minimum atomic E-state index is -0.336. The number of anilines is 2. The zero-order chi connectivity index (χ0) is 12.1. The van der Waals surface area contributed by atoms with Gasteiger partial charge in [0.2, 0.25) is 0 Å². The van der Waals surface area contributed by atoms with E-state index >= 15 is 0 Å². The molecule has 0 aliphatic carbocycles. The van der Waals surface area contributed by atoms with E-state index in [4.69, 9.17) is 5.84 Å². The van der Waals surface area contributed by atoms with Crippen molar-refractivity contribution in [3.05, 3.63) is 11.9 Å². The first-order valence-electron chi connectivity index (χ1n) is 5.28. The van der Waals surface area contributed by atoms with Crippen LogP contribution in [0.15, 0.2) is 6.07 Å². The maximum atomic E-state index is 9.25. The van der Waals surface area contributed by atoms with Crippen LogP contribution >= 0.6 is 0 Å². The third-order valence-electron chi connectivity index (χ3n) is 2.07. The quantitative estimate of drug-likeness (QED) is 0.434. The molecule has 0 bridgehead atoms. The Balaban J connectivity index is 2.69. The average molecular weight is 225 g/mol. The summed E-state index contributed by atoms with van der Waals surface area (Å²) in [5.41, 5.74) is 2.48. The second kappa shape index (κ2) is 5.62. The van der Waals surface area contributed by atoms with Crippen molar-refractivity contribution in [1.29, 1.82) is 0 Å². The summed E-state index contributed by atoms with van der Waals surface area (Å²) in [5, 5.41) is 12.4. The van der Waals surface area contributed by atoms with Gasteiger partial charge >= 0.3 is 0 Å². The number of nitrogens with one attached hydrogen (secondary N) is 2. The molecule has 1 rings (SSSR count). The summed E-state index contributed by atoms with van der Waals surface area (Å²) in [6.07, 6.45) is 0.326. The highest BCUT2D eigenvalue weighted by Crippen LogP contribution is 2.12. The molecule has 16 heavy (non-hydrogen) atoms. The Morgan fingerprint density at radius 2 is 2.00 bits per heavy atom. The summed E-state index contributed by atoms with van der Waals surface area (Å²) in [4.78, 5) is 8.31. The largest absolute Gasteiger partial charge is 0.393 e. The van der Waals surface area contributed by atoms with Crippen molar-refractivity contribution in [3.63, 3.8) is 0 Å². The fourth-order valence-electron chi connectivity index (χ4n) is 1.54. The Hall–Kier alpha value is -1.40. The predicted octanol–water partition coefficient (Wildman–Crippen LogP) is 0.642. The Kier molecular flexibility index (Phi) is 4.45. The van der Waals surface area contributed by atoms with Crippen LogP contribution in [0.5, 0.6) is 0 Å². The second-order valence-electron chi connectivity index (χ2n) is 3.96. The number of hydrazine groups is 1. The molecule has 0 saturated carbocycles. The Labute approximate surface area is 95.3 Å². The van der Waals surface area contributed by atoms with E-state index in [2.05, 4.69) is 20.7 Å². The molecular formula is C10H19N5O. The maximum absolute atomic E-state index is 9.25. The van der Waals surface area contributed by atoms with Crippen LogP contribution in [0.3, 0.4) is 0 Å². The normalized spacial score (nSPS) is 14.3. The molecule has 1 aromatic rings. The first-order valence-corrected chi connectivity index (χ1v) is 5.28. The lowest BCUT2D eigenvalue weighted by atomic mass is 10.1. The molecule has 2 atom stereocenters. The van der Waals surface area contributed by atoms with Gasteiger partial charge in [-0.15, -0.1) is 0 Å². The van der Waals surface area contributed by atoms with Gasteiger partial charge in [0.15, 0.2) is 0 Å². The number of rotatable bonds is 5. The van der Waals surface area contributed by atoms with E-state index in [0.717, 1.165) is 0 Å². The Morgan fingerprint density at radius 3 is 2.56 bits per heavy atom. The van der Waals surface area contributed by atoms with Crippen LogP contribution in [0.25, 0.3) is 0 Å². The fraction of sp³-hybridized carbons (Fsp3) is 0.600. The van der Waals surface area contributed by atoms with Gasteiger partial charge in [-0.3, -0.25) is 0 Å². The standard InChI is InChI=1S/C10H19N5O/c1-6(4-7(2)16)12-9-5-10(15-11)14-8(3)13-9/h5-7,16H,4,11H2,1-3H3,(H2,12,13,14,15). The lowest BCUT2D eigenvalue weighted by molar-refractivity contribution is 0.179. The number of aliphatic hydroxyl groups is 1. The summed E-state index contributed by atoms with van der Waals surface area (Å²) in [5.74, 6) is 7.20. The first kappa shape index (κ1) is 12.7. The molecular weight excluding hydrogens is 206 g/mol. The third-order valence-corrected chi connectivity index (χ3v) is 2.07. The van der Waals surface area contributed by atoms with Crippen molar-refractivity contribution < 1.29 is 5.11 Å². The maximum Gasteiger partial charge on any atom is 0.145 e. The molecule has 6 nitrogen and oxygen atoms in total. The Bertz CT molecular complexity index is 342. The molecule has 0 saturated heterocycles. The van der Waals surface area contributed by atoms with Gasteiger partial charge in [0.05, 0.1) is 6.10 Å². The van der Waals surface area contributed by atoms with Crippen LogP contribution in [0, 0.1) is 6.92 Å². The highest BCUT2D eigenvalue weighted by Gasteiger charge is 2.08. The number of aliphatic hydroxyl groups excluding tert-OH is 1. The highest BCUT2D eigenvalue weighted by atomic mass is 16.3. The van der Waals surface area contributed by atoms with Crippen molar-refractivity contribution in [2.24, 2.45) is 5.84 Å². The molecule has 0 aromatic carbocycles. The molecule has 1 aromatic heterocycles. The molecule has 0 fully saturated rings. The summed E-state index contributed by atoms with van der Waals surface area (Å²) in [6.45, 7) is 5.54. The van der Waals surface area contributed by atoms with Gasteiger partial charge in [-0.25, -0.2) is 15.8 Å². The van der Waals surface area contributed by atoms with Gasteiger partial charge in [0.1, 0.15) is 17.5 Å². The van der Waals surface area contributed by atoms with E-state index < -0.39 is 0 Å². The van der Waals surface area contributed by atoms with E-state index in [-0.39, 0.29) is 12.1 Å². The molecule has 0 amide bonds. The average Bonchev–Trinajstić information content (AvgIpc) is 2.14. The molecule has 0 radical (unpaired) electrons. The summed E-state index contributed by atoms with van der Waals surface area (Å²) in [7, 11) is 0. The van der Waals surface area contributed by atoms with Crippen molar-refractivity contribution in [2.75, 3.05) is 10.7 Å². The van der Waals surface area contributed by atoms with Crippen LogP contribution in [0.1, 0.15) is 26.1 Å². The zero-order valence-electron chi connectivity index (χ0n) is 9.86. The number of aromatic nitrogens is 2. The van der Waals surface area contributed by atoms with Crippen LogP contribution in [-0.2, 0) is 0 Å². The van der Waals surface area contributed by atoms with Crippen molar-refractivity contribution in [3.8, 4) is 0 Å². The number of nitrogens with two attached hydrogens (primary N) is 1. The van der Waals surface area contributed by atoms with Crippen molar-refractivity contribution in [2.45, 2.75) is 39.3 Å². The molecule has 1 heterocycles. The third kappa shape index (κ3) is 4.00. The second-order valence-corrected chi connectivity index (χ2v) is 3.96. The van der Waals surface area contributed by atoms with Gasteiger partial charge in [0.25, 0.3) is 0 Å². The number of hydrogen-bond acceptors (Lipinski definition) is 6. The van der Waals surface area contributed by atoms with Crippen molar-refractivity contribution in [1.82, 2.24) is 9.97 Å². The van der Waals surface area contributed by atoms with E-state index in [9.17, 15) is 5.11 Å². The predicted molar refractivity (Wildman–Crippen MR) is 64.0 cm³/mol. The van der Waals surface area contributed by atoms with E-state index in [1.807, 2.05) is 6.92 Å². The van der Waals surface area contributed by atoms with Gasteiger partial charge in [0, 0.05) is 12.1 Å². The molecule has 2 unspecified atom stereocenters. The fourth-order valence-corrected chi connectivity index (χ4v) is 1.54. The minimum Gasteiger partial charge on any atom is -0.393 e. The number of nitrogens with zero attached hydrogens (tertiary/aromatic N) is 2. The Morgan fingerprint density at radius 1 is 1.38 bits per heavy atom. The molecule has 5 N–H and O–H groups in total. The number of nitrogen functional groups attached to an aromatic ring is 1. The van der Waals surface area contributed by atoms with Crippen molar-refractivity contribution >= 4 is 11.6 Å². The zero-order valence-corrected chi connectivity index (χ0v) is 9.86. The SMILES string of the molecule is Cc1nc(NN)cc(NC(C)CC(C)O)n1. The monoisotopic (exact) mass is 225 g/mol. The number of hydrogen-bond donors (Lipinski definition) is 4. The van der Waals surface area contributed by atoms with Crippen LogP contribution in [0.2, 0.25) is 0 Å². The highest BCUT2D eigenvalue weighted by molar-refractivity contribution is 5.47. The molecule has 0 aliphatic heterocycles. The van der Waals surface area contributed by atoms with Gasteiger partial charge in [-0.05, 0) is 27.2 Å². The van der Waals surface area contributed by atoms with Crippen LogP contribution in [0.4, 0.5) is 11.6 Å². The summed E-state index contributed by atoms with van der Waals surface area (Å²) < 4.78 is 0. The van der Waals surface area contributed by atoms with Crippen LogP contribution in [-0.4, -0.2) is 27.2 Å². The molecule has 0 aliphatic rings. The summed E-state index contributed by atoms with van der Waals surface area (Å²) in [6, 6.07) is 1.87. The minimum absolute atomic E-state index is 0.139. The van der Waals surface area contributed by atoms with Gasteiger partial charge < -0.3 is 15.8 Å². The van der Waals surface area contributed by atoms with Gasteiger partial charge in [-0.1, -0.05) is 0 Å². The summed E-state index contributed by atoms with van der Waals surface area (Å²) >= 11 is 0. The smallest absolute Gasteiger partial charge is 0.145 e. The van der Waals surface area contributed by atoms with E-state index in [1.54, 1.807) is 19.9 Å². The number of aryl methyl sites for hydroxylation is 1. The lowest BCUT2D eigenvalue weighted by Crippen LogP contribution is -2.22. The molecule has 6 heteroatoms. The molecule has 90 valence electrons. The van der Waals surface area contributed by atoms with E-state index in [1.165, 1.54) is 0 Å². The van der Waals surface area contributed by atoms with Crippen LogP contribution < -0.4 is 16.6 Å². The first-order chi connectivity index (χ1) is 7.51. The molecule has 0 spiro atoms.